The average molecular weight is 288 g/mol. The van der Waals surface area contributed by atoms with E-state index in [2.05, 4.69) is 12.2 Å². The molecule has 1 amide bonds. The van der Waals surface area contributed by atoms with Crippen LogP contribution < -0.4 is 11.1 Å². The van der Waals surface area contributed by atoms with Gasteiger partial charge in [0.15, 0.2) is 0 Å². The molecule has 1 aliphatic rings. The van der Waals surface area contributed by atoms with Gasteiger partial charge in [0.05, 0.1) is 0 Å². The zero-order chi connectivity index (χ0) is 15.1. The van der Waals surface area contributed by atoms with Gasteiger partial charge in [0.25, 0.3) is 0 Å². The van der Waals surface area contributed by atoms with Crippen LogP contribution in [-0.2, 0) is 11.3 Å². The minimum Gasteiger partial charge on any atom is -0.326 e. The minimum atomic E-state index is 0.185. The topological polar surface area (TPSA) is 55.1 Å². The number of amides is 1. The number of nitrogens with two attached hydrogens (primary N) is 1. The Morgan fingerprint density at radius 3 is 2.43 bits per heavy atom. The summed E-state index contributed by atoms with van der Waals surface area (Å²) in [5.74, 6) is 1.22. The van der Waals surface area contributed by atoms with Crippen molar-refractivity contribution >= 4 is 11.6 Å². The highest BCUT2D eigenvalue weighted by Crippen LogP contribution is 2.32. The Morgan fingerprint density at radius 2 is 1.86 bits per heavy atom. The zero-order valence-corrected chi connectivity index (χ0v) is 13.1. The van der Waals surface area contributed by atoms with Crippen LogP contribution in [0.15, 0.2) is 24.3 Å². The quantitative estimate of drug-likeness (QED) is 0.828. The summed E-state index contributed by atoms with van der Waals surface area (Å²) >= 11 is 0. The van der Waals surface area contributed by atoms with Gasteiger partial charge in [-0.1, -0.05) is 38.3 Å². The Hall–Kier alpha value is -1.35. The maximum atomic E-state index is 12.3. The molecule has 0 unspecified atom stereocenters. The fourth-order valence-electron chi connectivity index (χ4n) is 3.17. The van der Waals surface area contributed by atoms with E-state index in [1.165, 1.54) is 32.1 Å². The summed E-state index contributed by atoms with van der Waals surface area (Å²) < 4.78 is 0. The first-order valence-corrected chi connectivity index (χ1v) is 8.32. The first-order chi connectivity index (χ1) is 10.2. The van der Waals surface area contributed by atoms with E-state index in [9.17, 15) is 4.79 Å². The molecule has 0 aliphatic heterocycles. The van der Waals surface area contributed by atoms with Crippen molar-refractivity contribution in [1.82, 2.24) is 0 Å². The van der Waals surface area contributed by atoms with Crippen molar-refractivity contribution in [1.29, 1.82) is 0 Å². The number of nitrogens with one attached hydrogen (secondary N) is 1. The molecular formula is C18H28N2O. The van der Waals surface area contributed by atoms with Gasteiger partial charge in [0, 0.05) is 18.2 Å². The van der Waals surface area contributed by atoms with E-state index in [0.717, 1.165) is 30.0 Å². The number of benzene rings is 1. The largest absolute Gasteiger partial charge is 0.326 e. The Kier molecular flexibility index (Phi) is 6.24. The fourth-order valence-corrected chi connectivity index (χ4v) is 3.17. The standard InChI is InChI=1S/C18H28N2O/c1-2-3-4-14-5-9-16(10-6-14)18(21)20-17-11-7-15(13-19)8-12-17/h7-8,11-12,14,16H,2-6,9-10,13,19H2,1H3,(H,20,21). The van der Waals surface area contributed by atoms with E-state index in [4.69, 9.17) is 5.73 Å². The summed E-state index contributed by atoms with van der Waals surface area (Å²) in [5.41, 5.74) is 7.55. The van der Waals surface area contributed by atoms with Crippen LogP contribution in [0.3, 0.4) is 0 Å². The maximum absolute atomic E-state index is 12.3. The lowest BCUT2D eigenvalue weighted by atomic mass is 9.79. The van der Waals surface area contributed by atoms with E-state index < -0.39 is 0 Å². The van der Waals surface area contributed by atoms with Gasteiger partial charge in [-0.2, -0.15) is 0 Å². The molecular weight excluding hydrogens is 260 g/mol. The van der Waals surface area contributed by atoms with E-state index in [1.807, 2.05) is 24.3 Å². The molecule has 0 aromatic heterocycles. The van der Waals surface area contributed by atoms with Crippen LogP contribution >= 0.6 is 0 Å². The smallest absolute Gasteiger partial charge is 0.227 e. The molecule has 1 aromatic carbocycles. The third-order valence-electron chi connectivity index (χ3n) is 4.64. The van der Waals surface area contributed by atoms with Crippen LogP contribution in [0, 0.1) is 11.8 Å². The lowest BCUT2D eigenvalue weighted by molar-refractivity contribution is -0.121. The van der Waals surface area contributed by atoms with Gasteiger partial charge >= 0.3 is 0 Å². The van der Waals surface area contributed by atoms with Crippen LogP contribution in [0.4, 0.5) is 5.69 Å². The lowest BCUT2D eigenvalue weighted by Gasteiger charge is -2.27. The van der Waals surface area contributed by atoms with E-state index >= 15 is 0 Å². The lowest BCUT2D eigenvalue weighted by Crippen LogP contribution is -2.27. The highest BCUT2D eigenvalue weighted by molar-refractivity contribution is 5.92. The van der Waals surface area contributed by atoms with Gasteiger partial charge in [0.2, 0.25) is 5.91 Å². The maximum Gasteiger partial charge on any atom is 0.227 e. The molecule has 0 spiro atoms. The molecule has 0 bridgehead atoms. The van der Waals surface area contributed by atoms with Gasteiger partial charge < -0.3 is 11.1 Å². The highest BCUT2D eigenvalue weighted by Gasteiger charge is 2.25. The number of hydrogen-bond acceptors (Lipinski definition) is 2. The van der Waals surface area contributed by atoms with Crippen LogP contribution in [-0.4, -0.2) is 5.91 Å². The van der Waals surface area contributed by atoms with Crippen molar-refractivity contribution < 1.29 is 4.79 Å². The SMILES string of the molecule is CCCCC1CCC(C(=O)Nc2ccc(CN)cc2)CC1. The highest BCUT2D eigenvalue weighted by atomic mass is 16.1. The molecule has 0 atom stereocenters. The Labute approximate surface area is 128 Å². The molecule has 2 rings (SSSR count). The van der Waals surface area contributed by atoms with E-state index in [1.54, 1.807) is 0 Å². The summed E-state index contributed by atoms with van der Waals surface area (Å²) in [6.07, 6.45) is 8.45. The Bertz CT molecular complexity index is 433. The second-order valence-electron chi connectivity index (χ2n) is 6.25. The number of rotatable bonds is 6. The average Bonchev–Trinajstić information content (AvgIpc) is 2.54. The van der Waals surface area contributed by atoms with Crippen molar-refractivity contribution in [2.45, 2.75) is 58.4 Å². The molecule has 0 heterocycles. The molecule has 1 aliphatic carbocycles. The second-order valence-corrected chi connectivity index (χ2v) is 6.25. The zero-order valence-electron chi connectivity index (χ0n) is 13.1. The third-order valence-corrected chi connectivity index (χ3v) is 4.64. The van der Waals surface area contributed by atoms with Gasteiger partial charge in [-0.25, -0.2) is 0 Å². The van der Waals surface area contributed by atoms with Crippen molar-refractivity contribution in [3.05, 3.63) is 29.8 Å². The first-order valence-electron chi connectivity index (χ1n) is 8.32. The van der Waals surface area contributed by atoms with Crippen molar-refractivity contribution in [2.24, 2.45) is 17.6 Å². The summed E-state index contributed by atoms with van der Waals surface area (Å²) in [5, 5.41) is 3.04. The Balaban J connectivity index is 1.78. The normalized spacial score (nSPS) is 22.0. The first kappa shape index (κ1) is 16.0. The predicted molar refractivity (Wildman–Crippen MR) is 87.9 cm³/mol. The fraction of sp³-hybridized carbons (Fsp3) is 0.611. The van der Waals surface area contributed by atoms with Gasteiger partial charge in [-0.15, -0.1) is 0 Å². The van der Waals surface area contributed by atoms with Gasteiger partial charge in [-0.05, 0) is 49.3 Å². The number of hydrogen-bond donors (Lipinski definition) is 2. The molecule has 0 radical (unpaired) electrons. The molecule has 3 heteroatoms. The van der Waals surface area contributed by atoms with Crippen LogP contribution in [0.5, 0.6) is 0 Å². The monoisotopic (exact) mass is 288 g/mol. The third kappa shape index (κ3) is 4.85. The second kappa shape index (κ2) is 8.18. The number of unbranched alkanes of at least 4 members (excludes halogenated alkanes) is 1. The molecule has 3 nitrogen and oxygen atoms in total. The van der Waals surface area contributed by atoms with Crippen molar-refractivity contribution in [3.8, 4) is 0 Å². The van der Waals surface area contributed by atoms with E-state index in [0.29, 0.717) is 6.54 Å². The molecule has 0 saturated heterocycles. The molecule has 1 aromatic rings. The number of carbonyl (C=O) groups is 1. The number of carbonyl (C=O) groups excluding carboxylic acids is 1. The van der Waals surface area contributed by atoms with Gasteiger partial charge in [-0.3, -0.25) is 4.79 Å². The van der Waals surface area contributed by atoms with E-state index in [-0.39, 0.29) is 11.8 Å². The predicted octanol–water partition coefficient (Wildman–Crippen LogP) is 4.08. The Morgan fingerprint density at radius 1 is 1.19 bits per heavy atom. The minimum absolute atomic E-state index is 0.185. The van der Waals surface area contributed by atoms with Crippen LogP contribution in [0.2, 0.25) is 0 Å². The molecule has 21 heavy (non-hydrogen) atoms. The molecule has 3 N–H and O–H groups in total. The van der Waals surface area contributed by atoms with Crippen molar-refractivity contribution in [2.75, 3.05) is 5.32 Å². The molecule has 116 valence electrons. The van der Waals surface area contributed by atoms with Crippen LogP contribution in [0.25, 0.3) is 0 Å². The molecule has 1 fully saturated rings. The van der Waals surface area contributed by atoms with Crippen molar-refractivity contribution in [3.63, 3.8) is 0 Å². The summed E-state index contributed by atoms with van der Waals surface area (Å²) in [4.78, 5) is 12.3. The molecule has 1 saturated carbocycles. The number of anilines is 1. The summed E-state index contributed by atoms with van der Waals surface area (Å²) in [6, 6.07) is 7.81. The van der Waals surface area contributed by atoms with Gasteiger partial charge in [0.1, 0.15) is 0 Å². The van der Waals surface area contributed by atoms with Crippen LogP contribution in [0.1, 0.15) is 57.4 Å². The summed E-state index contributed by atoms with van der Waals surface area (Å²) in [7, 11) is 0. The summed E-state index contributed by atoms with van der Waals surface area (Å²) in [6.45, 7) is 2.78.